The average molecular weight is 805 g/mol. The van der Waals surface area contributed by atoms with Gasteiger partial charge in [0, 0.05) is 44.2 Å². The Morgan fingerprint density at radius 1 is 0.317 bits per heavy atom. The molecule has 0 radical (unpaired) electrons. The number of furan rings is 1. The van der Waals surface area contributed by atoms with Gasteiger partial charge in [-0.3, -0.25) is 0 Å². The zero-order valence-corrected chi connectivity index (χ0v) is 34.4. The molecule has 296 valence electrons. The molecular formula is C60H40N2O. The number of hydrogen-bond acceptors (Lipinski definition) is 2. The largest absolute Gasteiger partial charge is 0.456 e. The number of aromatic nitrogens is 1. The first-order valence-electron chi connectivity index (χ1n) is 21.5. The topological polar surface area (TPSA) is 21.3 Å². The molecule has 0 saturated carbocycles. The summed E-state index contributed by atoms with van der Waals surface area (Å²) in [5.74, 6) is 0. The van der Waals surface area contributed by atoms with Crippen molar-refractivity contribution in [3.8, 4) is 50.2 Å². The van der Waals surface area contributed by atoms with Crippen molar-refractivity contribution in [2.45, 2.75) is 0 Å². The smallest absolute Gasteiger partial charge is 0.136 e. The van der Waals surface area contributed by atoms with E-state index < -0.39 is 0 Å². The Hall–Kier alpha value is -8.40. The number of hydrogen-bond donors (Lipinski definition) is 0. The van der Waals surface area contributed by atoms with Crippen molar-refractivity contribution in [3.05, 3.63) is 243 Å². The fraction of sp³-hybridized carbons (Fsp3) is 0. The van der Waals surface area contributed by atoms with Gasteiger partial charge in [-0.15, -0.1) is 0 Å². The molecule has 12 aromatic rings. The average Bonchev–Trinajstić information content (AvgIpc) is 3.91. The van der Waals surface area contributed by atoms with Crippen LogP contribution in [0.25, 0.3) is 93.9 Å². The van der Waals surface area contributed by atoms with Gasteiger partial charge in [0.1, 0.15) is 11.2 Å². The van der Waals surface area contributed by atoms with Crippen molar-refractivity contribution in [2.24, 2.45) is 0 Å². The van der Waals surface area contributed by atoms with Gasteiger partial charge in [0.2, 0.25) is 0 Å². The number of benzene rings is 10. The van der Waals surface area contributed by atoms with Crippen LogP contribution in [0.5, 0.6) is 0 Å². The summed E-state index contributed by atoms with van der Waals surface area (Å²) < 4.78 is 8.69. The van der Waals surface area contributed by atoms with E-state index in [-0.39, 0.29) is 0 Å². The van der Waals surface area contributed by atoms with E-state index in [1.54, 1.807) is 0 Å². The second kappa shape index (κ2) is 15.3. The summed E-state index contributed by atoms with van der Waals surface area (Å²) in [5, 5.41) is 4.78. The highest BCUT2D eigenvalue weighted by atomic mass is 16.3. The van der Waals surface area contributed by atoms with Gasteiger partial charge in [-0.05, 0) is 106 Å². The molecule has 2 heterocycles. The lowest BCUT2D eigenvalue weighted by Gasteiger charge is -2.28. The van der Waals surface area contributed by atoms with Crippen LogP contribution in [0.2, 0.25) is 0 Å². The number of para-hydroxylation sites is 4. The molecule has 0 bridgehead atoms. The lowest BCUT2D eigenvalue weighted by atomic mass is 9.97. The van der Waals surface area contributed by atoms with E-state index in [0.29, 0.717) is 0 Å². The normalized spacial score (nSPS) is 11.5. The first kappa shape index (κ1) is 36.5. The maximum atomic E-state index is 6.33. The molecular weight excluding hydrogens is 765 g/mol. The van der Waals surface area contributed by atoms with Crippen molar-refractivity contribution < 1.29 is 4.42 Å². The van der Waals surface area contributed by atoms with Crippen LogP contribution in [0.3, 0.4) is 0 Å². The fourth-order valence-corrected chi connectivity index (χ4v) is 9.45. The molecule has 0 fully saturated rings. The Bertz CT molecular complexity index is 3550. The van der Waals surface area contributed by atoms with Gasteiger partial charge in [0.05, 0.1) is 16.7 Å². The number of rotatable bonds is 8. The summed E-state index contributed by atoms with van der Waals surface area (Å²) in [4.78, 5) is 2.40. The summed E-state index contributed by atoms with van der Waals surface area (Å²) in [5.41, 5.74) is 17.9. The van der Waals surface area contributed by atoms with Crippen molar-refractivity contribution in [1.82, 2.24) is 4.57 Å². The Morgan fingerprint density at radius 3 is 1.56 bits per heavy atom. The fourth-order valence-electron chi connectivity index (χ4n) is 9.45. The van der Waals surface area contributed by atoms with E-state index in [9.17, 15) is 0 Å². The van der Waals surface area contributed by atoms with Crippen LogP contribution in [0.4, 0.5) is 17.1 Å². The number of fused-ring (bicyclic) bond motifs is 6. The second-order valence-electron chi connectivity index (χ2n) is 16.1. The van der Waals surface area contributed by atoms with Crippen LogP contribution >= 0.6 is 0 Å². The van der Waals surface area contributed by atoms with Gasteiger partial charge in [-0.1, -0.05) is 176 Å². The molecule has 0 amide bonds. The summed E-state index contributed by atoms with van der Waals surface area (Å²) in [6.45, 7) is 0. The quantitative estimate of drug-likeness (QED) is 0.153. The van der Waals surface area contributed by atoms with Crippen LogP contribution in [-0.2, 0) is 0 Å². The maximum absolute atomic E-state index is 6.33. The van der Waals surface area contributed by atoms with Gasteiger partial charge >= 0.3 is 0 Å². The SMILES string of the molecule is c1ccc(-c2ccc(-c3ccccc3N(c3ccc(-c4ccc(-n5c6ccccc6c6ccccc65)cc4)cc3)c3cccc(-c4cccc5oc6ccccc6c45)c3)cc2)cc1. The molecule has 3 nitrogen and oxygen atoms in total. The molecule has 0 spiro atoms. The minimum atomic E-state index is 0.888. The Morgan fingerprint density at radius 2 is 0.825 bits per heavy atom. The predicted molar refractivity (Wildman–Crippen MR) is 264 cm³/mol. The molecule has 0 N–H and O–H groups in total. The van der Waals surface area contributed by atoms with Crippen LogP contribution < -0.4 is 4.90 Å². The lowest BCUT2D eigenvalue weighted by Crippen LogP contribution is -2.11. The number of anilines is 3. The minimum absolute atomic E-state index is 0.888. The van der Waals surface area contributed by atoms with Gasteiger partial charge in [-0.2, -0.15) is 0 Å². The highest BCUT2D eigenvalue weighted by molar-refractivity contribution is 6.13. The molecule has 3 heteroatoms. The van der Waals surface area contributed by atoms with Gasteiger partial charge in [0.15, 0.2) is 0 Å². The molecule has 0 atom stereocenters. The third-order valence-electron chi connectivity index (χ3n) is 12.4. The van der Waals surface area contributed by atoms with Crippen LogP contribution in [0.15, 0.2) is 247 Å². The molecule has 0 aliphatic carbocycles. The van der Waals surface area contributed by atoms with Crippen molar-refractivity contribution in [3.63, 3.8) is 0 Å². The highest BCUT2D eigenvalue weighted by Crippen LogP contribution is 2.44. The summed E-state index contributed by atoms with van der Waals surface area (Å²) in [7, 11) is 0. The molecule has 63 heavy (non-hydrogen) atoms. The molecule has 0 unspecified atom stereocenters. The van der Waals surface area contributed by atoms with E-state index in [1.165, 1.54) is 38.5 Å². The summed E-state index contributed by atoms with van der Waals surface area (Å²) >= 11 is 0. The van der Waals surface area contributed by atoms with Crippen LogP contribution in [-0.4, -0.2) is 4.57 Å². The first-order chi connectivity index (χ1) is 31.2. The monoisotopic (exact) mass is 804 g/mol. The third-order valence-corrected chi connectivity index (χ3v) is 12.4. The van der Waals surface area contributed by atoms with Crippen LogP contribution in [0.1, 0.15) is 0 Å². The molecule has 0 aliphatic heterocycles. The van der Waals surface area contributed by atoms with Gasteiger partial charge < -0.3 is 13.9 Å². The molecule has 0 aliphatic rings. The molecule has 10 aromatic carbocycles. The zero-order chi connectivity index (χ0) is 41.7. The predicted octanol–water partition coefficient (Wildman–Crippen LogP) is 16.8. The van der Waals surface area contributed by atoms with E-state index in [2.05, 4.69) is 240 Å². The molecule has 2 aromatic heterocycles. The lowest BCUT2D eigenvalue weighted by molar-refractivity contribution is 0.669. The third kappa shape index (κ3) is 6.38. The van der Waals surface area contributed by atoms with Crippen molar-refractivity contribution in [1.29, 1.82) is 0 Å². The standard InChI is InChI=1S/C60H40N2O/c1-2-14-41(15-3-1)42-28-30-45(31-29-42)50-18-4-8-23-55(50)61(49-17-12-16-46(40-49)51-22-13-27-59-60(51)54-21-7-11-26-58(54)63-59)47-36-32-43(33-37-47)44-34-38-48(39-35-44)62-56-24-9-5-19-52(56)53-20-6-10-25-57(53)62/h1-40H. The minimum Gasteiger partial charge on any atom is -0.456 e. The van der Waals surface area contributed by atoms with Crippen molar-refractivity contribution >= 4 is 60.8 Å². The Kier molecular flexibility index (Phi) is 8.83. The van der Waals surface area contributed by atoms with Gasteiger partial charge in [0.25, 0.3) is 0 Å². The summed E-state index contributed by atoms with van der Waals surface area (Å²) in [6.07, 6.45) is 0. The first-order valence-corrected chi connectivity index (χ1v) is 21.5. The highest BCUT2D eigenvalue weighted by Gasteiger charge is 2.20. The Balaban J connectivity index is 0.958. The Labute approximate surface area is 366 Å². The van der Waals surface area contributed by atoms with E-state index in [0.717, 1.165) is 72.5 Å². The van der Waals surface area contributed by atoms with Crippen LogP contribution in [0, 0.1) is 0 Å². The van der Waals surface area contributed by atoms with Gasteiger partial charge in [-0.25, -0.2) is 0 Å². The molecule has 12 rings (SSSR count). The zero-order valence-electron chi connectivity index (χ0n) is 34.4. The number of nitrogens with zero attached hydrogens (tertiary/aromatic N) is 2. The van der Waals surface area contributed by atoms with E-state index in [1.807, 2.05) is 12.1 Å². The van der Waals surface area contributed by atoms with E-state index in [4.69, 9.17) is 4.42 Å². The molecule has 0 saturated heterocycles. The maximum Gasteiger partial charge on any atom is 0.136 e. The van der Waals surface area contributed by atoms with E-state index >= 15 is 0 Å². The second-order valence-corrected chi connectivity index (χ2v) is 16.1. The van der Waals surface area contributed by atoms with Crippen molar-refractivity contribution in [2.75, 3.05) is 4.90 Å². The summed E-state index contributed by atoms with van der Waals surface area (Å²) in [6, 6.07) is 87.1.